The molecule has 0 atom stereocenters. The predicted octanol–water partition coefficient (Wildman–Crippen LogP) is 1.67. The van der Waals surface area contributed by atoms with Crippen LogP contribution in [0.15, 0.2) is 30.3 Å². The van der Waals surface area contributed by atoms with Gasteiger partial charge >= 0.3 is 5.97 Å². The molecular formula is C15H19NO4. The quantitative estimate of drug-likeness (QED) is 0.785. The van der Waals surface area contributed by atoms with Crippen molar-refractivity contribution in [3.8, 4) is 0 Å². The van der Waals surface area contributed by atoms with Crippen LogP contribution in [-0.2, 0) is 20.9 Å². The number of carboxylic acids is 1. The summed E-state index contributed by atoms with van der Waals surface area (Å²) in [5.74, 6) is -1.00. The molecule has 1 fully saturated rings. The second kappa shape index (κ2) is 7.05. The number of hydrogen-bond donors (Lipinski definition) is 1. The molecule has 0 aliphatic heterocycles. The summed E-state index contributed by atoms with van der Waals surface area (Å²) in [5.41, 5.74) is 1.02. The molecule has 5 nitrogen and oxygen atoms in total. The van der Waals surface area contributed by atoms with Crippen molar-refractivity contribution in [3.63, 3.8) is 0 Å². The highest BCUT2D eigenvalue weighted by molar-refractivity contribution is 5.78. The molecule has 0 radical (unpaired) electrons. The van der Waals surface area contributed by atoms with Crippen LogP contribution in [0.5, 0.6) is 0 Å². The van der Waals surface area contributed by atoms with Crippen LogP contribution in [0.2, 0.25) is 0 Å². The van der Waals surface area contributed by atoms with Crippen molar-refractivity contribution in [2.45, 2.75) is 31.9 Å². The van der Waals surface area contributed by atoms with E-state index in [-0.39, 0.29) is 31.5 Å². The number of hydrogen-bond acceptors (Lipinski definition) is 3. The van der Waals surface area contributed by atoms with Gasteiger partial charge in [0.05, 0.1) is 13.0 Å². The summed E-state index contributed by atoms with van der Waals surface area (Å²) >= 11 is 0. The Hall–Kier alpha value is -1.88. The van der Waals surface area contributed by atoms with Crippen LogP contribution in [0.3, 0.4) is 0 Å². The van der Waals surface area contributed by atoms with E-state index >= 15 is 0 Å². The van der Waals surface area contributed by atoms with Gasteiger partial charge in [-0.05, 0) is 18.4 Å². The number of carbonyl (C=O) groups is 2. The Balaban J connectivity index is 1.75. The summed E-state index contributed by atoms with van der Waals surface area (Å²) in [7, 11) is 0. The number of rotatable bonds is 8. The zero-order valence-corrected chi connectivity index (χ0v) is 11.3. The average Bonchev–Trinajstić information content (AvgIpc) is 3.24. The van der Waals surface area contributed by atoms with Crippen molar-refractivity contribution in [1.29, 1.82) is 0 Å². The second-order valence-corrected chi connectivity index (χ2v) is 4.94. The van der Waals surface area contributed by atoms with Crippen molar-refractivity contribution in [2.75, 3.05) is 13.2 Å². The van der Waals surface area contributed by atoms with E-state index in [1.54, 1.807) is 4.90 Å². The van der Waals surface area contributed by atoms with E-state index in [2.05, 4.69) is 0 Å². The van der Waals surface area contributed by atoms with Crippen LogP contribution in [0.1, 0.15) is 24.8 Å². The van der Waals surface area contributed by atoms with Crippen molar-refractivity contribution in [2.24, 2.45) is 0 Å². The summed E-state index contributed by atoms with van der Waals surface area (Å²) in [6.07, 6.45) is 1.91. The lowest BCUT2D eigenvalue weighted by atomic mass is 10.2. The Kier molecular flexibility index (Phi) is 5.12. The van der Waals surface area contributed by atoms with Crippen molar-refractivity contribution >= 4 is 11.9 Å². The zero-order chi connectivity index (χ0) is 14.4. The lowest BCUT2D eigenvalue weighted by Gasteiger charge is -2.21. The Morgan fingerprint density at radius 3 is 2.55 bits per heavy atom. The number of amides is 1. The van der Waals surface area contributed by atoms with Crippen molar-refractivity contribution in [3.05, 3.63) is 35.9 Å². The van der Waals surface area contributed by atoms with E-state index < -0.39 is 5.97 Å². The third-order valence-electron chi connectivity index (χ3n) is 3.21. The van der Waals surface area contributed by atoms with E-state index in [0.29, 0.717) is 6.61 Å². The van der Waals surface area contributed by atoms with Gasteiger partial charge in [-0.25, -0.2) is 0 Å². The molecule has 5 heteroatoms. The first-order valence-electron chi connectivity index (χ1n) is 6.80. The van der Waals surface area contributed by atoms with Gasteiger partial charge < -0.3 is 14.7 Å². The fourth-order valence-corrected chi connectivity index (χ4v) is 2.03. The van der Waals surface area contributed by atoms with E-state index in [0.717, 1.165) is 18.4 Å². The fourth-order valence-electron chi connectivity index (χ4n) is 2.03. The molecule has 0 unspecified atom stereocenters. The van der Waals surface area contributed by atoms with Gasteiger partial charge in [-0.2, -0.15) is 0 Å². The molecule has 2 rings (SSSR count). The third-order valence-corrected chi connectivity index (χ3v) is 3.21. The Morgan fingerprint density at radius 2 is 1.95 bits per heavy atom. The molecule has 0 spiro atoms. The number of benzene rings is 1. The average molecular weight is 277 g/mol. The monoisotopic (exact) mass is 277 g/mol. The van der Waals surface area contributed by atoms with Gasteiger partial charge in [-0.15, -0.1) is 0 Å². The minimum Gasteiger partial charge on any atom is -0.481 e. The fraction of sp³-hybridized carbons (Fsp3) is 0.467. The molecule has 108 valence electrons. The van der Waals surface area contributed by atoms with Crippen LogP contribution >= 0.6 is 0 Å². The number of nitrogens with zero attached hydrogens (tertiary/aromatic N) is 1. The first kappa shape index (κ1) is 14.5. The Labute approximate surface area is 118 Å². The first-order chi connectivity index (χ1) is 9.66. The Bertz CT molecular complexity index is 456. The van der Waals surface area contributed by atoms with E-state index in [1.807, 2.05) is 30.3 Å². The SMILES string of the molecule is O=C(O)CCN(C(=O)COCc1ccccc1)C1CC1. The highest BCUT2D eigenvalue weighted by Gasteiger charge is 2.32. The smallest absolute Gasteiger partial charge is 0.305 e. The molecule has 1 amide bonds. The van der Waals surface area contributed by atoms with Gasteiger partial charge in [0.15, 0.2) is 0 Å². The van der Waals surface area contributed by atoms with Gasteiger partial charge in [0.1, 0.15) is 6.61 Å². The van der Waals surface area contributed by atoms with Gasteiger partial charge in [-0.3, -0.25) is 9.59 Å². The number of carbonyl (C=O) groups excluding carboxylic acids is 1. The van der Waals surface area contributed by atoms with Gasteiger partial charge in [0.2, 0.25) is 5.91 Å². The lowest BCUT2D eigenvalue weighted by molar-refractivity contribution is -0.140. The van der Waals surface area contributed by atoms with Crippen molar-refractivity contribution in [1.82, 2.24) is 4.90 Å². The van der Waals surface area contributed by atoms with Gasteiger partial charge in [0, 0.05) is 12.6 Å². The zero-order valence-electron chi connectivity index (χ0n) is 11.3. The Morgan fingerprint density at radius 1 is 1.25 bits per heavy atom. The molecule has 0 heterocycles. The molecule has 0 saturated heterocycles. The molecule has 1 aromatic carbocycles. The highest BCUT2D eigenvalue weighted by Crippen LogP contribution is 2.27. The summed E-state index contributed by atoms with van der Waals surface area (Å²) in [4.78, 5) is 24.3. The molecule has 0 aromatic heterocycles. The van der Waals surface area contributed by atoms with Crippen LogP contribution in [0.25, 0.3) is 0 Å². The van der Waals surface area contributed by atoms with Crippen LogP contribution < -0.4 is 0 Å². The molecule has 1 aromatic rings. The largest absolute Gasteiger partial charge is 0.481 e. The summed E-state index contributed by atoms with van der Waals surface area (Å²) in [5, 5.41) is 8.70. The number of aliphatic carboxylic acids is 1. The summed E-state index contributed by atoms with van der Waals surface area (Å²) in [6.45, 7) is 0.669. The molecular weight excluding hydrogens is 258 g/mol. The van der Waals surface area contributed by atoms with Gasteiger partial charge in [-0.1, -0.05) is 30.3 Å². The van der Waals surface area contributed by atoms with Crippen LogP contribution in [0.4, 0.5) is 0 Å². The van der Waals surface area contributed by atoms with Crippen LogP contribution in [0, 0.1) is 0 Å². The standard InChI is InChI=1S/C15H19NO4/c17-14(11-20-10-12-4-2-1-3-5-12)16(13-6-7-13)9-8-15(18)19/h1-5,13H,6-11H2,(H,18,19). The number of carboxylic acid groups (broad SMARTS) is 1. The summed E-state index contributed by atoms with van der Waals surface area (Å²) < 4.78 is 5.41. The van der Waals surface area contributed by atoms with Crippen molar-refractivity contribution < 1.29 is 19.4 Å². The maximum atomic E-state index is 12.0. The summed E-state index contributed by atoms with van der Waals surface area (Å²) in [6, 6.07) is 9.85. The molecule has 0 bridgehead atoms. The highest BCUT2D eigenvalue weighted by atomic mass is 16.5. The van der Waals surface area contributed by atoms with E-state index in [1.165, 1.54) is 0 Å². The maximum absolute atomic E-state index is 12.0. The predicted molar refractivity (Wildman–Crippen MR) is 73.1 cm³/mol. The third kappa shape index (κ3) is 4.66. The molecule has 1 N–H and O–H groups in total. The lowest BCUT2D eigenvalue weighted by Crippen LogP contribution is -2.37. The molecule has 1 aliphatic carbocycles. The minimum absolute atomic E-state index is 0.00497. The normalized spacial score (nSPS) is 14.0. The van der Waals surface area contributed by atoms with Gasteiger partial charge in [0.25, 0.3) is 0 Å². The molecule has 1 saturated carbocycles. The first-order valence-corrected chi connectivity index (χ1v) is 6.80. The molecule has 1 aliphatic rings. The van der Waals surface area contributed by atoms with Crippen LogP contribution in [-0.4, -0.2) is 41.1 Å². The molecule has 20 heavy (non-hydrogen) atoms. The second-order valence-electron chi connectivity index (χ2n) is 4.94. The minimum atomic E-state index is -0.881. The maximum Gasteiger partial charge on any atom is 0.305 e. The number of ether oxygens (including phenoxy) is 1. The van der Waals surface area contributed by atoms with E-state index in [9.17, 15) is 9.59 Å². The van der Waals surface area contributed by atoms with E-state index in [4.69, 9.17) is 9.84 Å². The topological polar surface area (TPSA) is 66.8 Å².